The van der Waals surface area contributed by atoms with E-state index in [0.29, 0.717) is 60.2 Å². The molecule has 3 N–H and O–H groups in total. The molecule has 0 spiro atoms. The minimum Gasteiger partial charge on any atom is -0.487 e. The predicted molar refractivity (Wildman–Crippen MR) is 121 cm³/mol. The minimum absolute atomic E-state index is 0.0351. The first-order valence-electron chi connectivity index (χ1n) is 11.0. The summed E-state index contributed by atoms with van der Waals surface area (Å²) in [5, 5.41) is 31.6. The molecular weight excluding hydrogens is 424 g/mol. The Morgan fingerprint density at radius 1 is 1.24 bits per heavy atom. The normalized spacial score (nSPS) is 20.5. The predicted octanol–water partition coefficient (Wildman–Crippen LogP) is 2.18. The first-order chi connectivity index (χ1) is 16.0. The van der Waals surface area contributed by atoms with Crippen LogP contribution in [-0.4, -0.2) is 67.8 Å². The Bertz CT molecular complexity index is 1110. The van der Waals surface area contributed by atoms with Crippen molar-refractivity contribution in [3.8, 4) is 17.6 Å². The smallest absolute Gasteiger partial charge is 0.171 e. The monoisotopic (exact) mass is 452 g/mol. The Labute approximate surface area is 191 Å². The van der Waals surface area contributed by atoms with Crippen LogP contribution in [0.3, 0.4) is 0 Å². The molecule has 10 heteroatoms. The van der Waals surface area contributed by atoms with Crippen LogP contribution in [0, 0.1) is 11.3 Å². The van der Waals surface area contributed by atoms with Gasteiger partial charge in [0.25, 0.3) is 0 Å². The molecule has 0 unspecified atom stereocenters. The summed E-state index contributed by atoms with van der Waals surface area (Å²) in [5.41, 5.74) is 1.11. The van der Waals surface area contributed by atoms with Gasteiger partial charge in [0.05, 0.1) is 31.0 Å². The fraction of sp³-hybridized carbons (Fsp3) is 0.478. The molecule has 10 nitrogen and oxygen atoms in total. The van der Waals surface area contributed by atoms with Gasteiger partial charge in [-0.05, 0) is 44.7 Å². The molecule has 33 heavy (non-hydrogen) atoms. The Morgan fingerprint density at radius 3 is 2.76 bits per heavy atom. The third-order valence-corrected chi connectivity index (χ3v) is 5.74. The highest BCUT2D eigenvalue weighted by Gasteiger charge is 2.29. The number of hydrogen-bond acceptors (Lipinski definition) is 9. The van der Waals surface area contributed by atoms with Gasteiger partial charge in [-0.2, -0.15) is 5.26 Å². The molecule has 3 heterocycles. The van der Waals surface area contributed by atoms with Crippen LogP contribution in [0.1, 0.15) is 38.2 Å². The molecule has 3 aromatic heterocycles. The van der Waals surface area contributed by atoms with E-state index in [1.165, 1.54) is 6.20 Å². The fourth-order valence-electron chi connectivity index (χ4n) is 3.85. The quantitative estimate of drug-likeness (QED) is 0.417. The first kappa shape index (κ1) is 22.9. The largest absolute Gasteiger partial charge is 0.487 e. The van der Waals surface area contributed by atoms with Gasteiger partial charge in [-0.3, -0.25) is 4.57 Å². The molecule has 1 saturated carbocycles. The van der Waals surface area contributed by atoms with E-state index in [9.17, 15) is 5.11 Å². The van der Waals surface area contributed by atoms with Crippen molar-refractivity contribution in [2.24, 2.45) is 0 Å². The molecule has 0 radical (unpaired) electrons. The summed E-state index contributed by atoms with van der Waals surface area (Å²) in [6.07, 6.45) is 6.22. The van der Waals surface area contributed by atoms with Crippen LogP contribution in [0.2, 0.25) is 0 Å². The number of hydrogen-bond donors (Lipinski definition) is 3. The highest BCUT2D eigenvalue weighted by atomic mass is 16.5. The number of rotatable bonds is 9. The van der Waals surface area contributed by atoms with Crippen LogP contribution in [-0.2, 0) is 4.74 Å². The molecule has 0 aromatic carbocycles. The number of imidazole rings is 1. The lowest BCUT2D eigenvalue weighted by atomic mass is 9.84. The topological polar surface area (TPSA) is 138 Å². The molecule has 1 fully saturated rings. The zero-order chi connectivity index (χ0) is 23.3. The van der Waals surface area contributed by atoms with Crippen molar-refractivity contribution >= 4 is 17.0 Å². The van der Waals surface area contributed by atoms with E-state index < -0.39 is 5.60 Å². The number of aliphatic hydroxyl groups excluding tert-OH is 1. The van der Waals surface area contributed by atoms with Crippen LogP contribution in [0.15, 0.2) is 30.7 Å². The molecule has 4 rings (SSSR count). The zero-order valence-corrected chi connectivity index (χ0v) is 18.6. The van der Waals surface area contributed by atoms with Crippen LogP contribution in [0.4, 0.5) is 5.82 Å². The van der Waals surface area contributed by atoms with E-state index in [1.807, 2.05) is 13.0 Å². The van der Waals surface area contributed by atoms with Crippen molar-refractivity contribution in [3.63, 3.8) is 0 Å². The number of aromatic nitrogens is 4. The van der Waals surface area contributed by atoms with Crippen LogP contribution in [0.5, 0.6) is 5.75 Å². The van der Waals surface area contributed by atoms with Gasteiger partial charge in [0.1, 0.15) is 30.3 Å². The third kappa shape index (κ3) is 5.57. The number of pyridine rings is 2. The average molecular weight is 453 g/mol. The summed E-state index contributed by atoms with van der Waals surface area (Å²) >= 11 is 0. The third-order valence-electron chi connectivity index (χ3n) is 5.74. The number of nitrogens with one attached hydrogen (secondary N) is 1. The van der Waals surface area contributed by atoms with E-state index in [1.54, 1.807) is 23.0 Å². The molecule has 0 saturated heterocycles. The Balaban J connectivity index is 1.61. The lowest BCUT2D eigenvalue weighted by Gasteiger charge is -2.33. The van der Waals surface area contributed by atoms with Gasteiger partial charge in [-0.15, -0.1) is 0 Å². The number of aliphatic hydroxyl groups is 2. The summed E-state index contributed by atoms with van der Waals surface area (Å²) in [5.74, 6) is 1.76. The van der Waals surface area contributed by atoms with Crippen molar-refractivity contribution in [2.45, 2.75) is 44.2 Å². The zero-order valence-electron chi connectivity index (χ0n) is 18.6. The van der Waals surface area contributed by atoms with Crippen LogP contribution >= 0.6 is 0 Å². The summed E-state index contributed by atoms with van der Waals surface area (Å²) in [6.45, 7) is 2.74. The second kappa shape index (κ2) is 10.1. The average Bonchev–Trinajstić information content (AvgIpc) is 3.23. The lowest BCUT2D eigenvalue weighted by molar-refractivity contribution is 0.0196. The van der Waals surface area contributed by atoms with E-state index >= 15 is 0 Å². The van der Waals surface area contributed by atoms with E-state index in [4.69, 9.17) is 24.8 Å². The lowest BCUT2D eigenvalue weighted by Crippen LogP contribution is -2.36. The molecule has 0 bridgehead atoms. The summed E-state index contributed by atoms with van der Waals surface area (Å²) in [7, 11) is 0. The van der Waals surface area contributed by atoms with Gasteiger partial charge in [-0.25, -0.2) is 15.0 Å². The molecule has 1 aliphatic rings. The molecule has 0 aliphatic heterocycles. The number of anilines is 1. The second-order valence-electron chi connectivity index (χ2n) is 8.41. The maximum absolute atomic E-state index is 10.3. The summed E-state index contributed by atoms with van der Waals surface area (Å²) in [6, 6.07) is 7.50. The number of ether oxygens (including phenoxy) is 2. The Hall–Kier alpha value is -3.26. The number of nitrogens with zero attached hydrogens (tertiary/aromatic N) is 5. The molecule has 1 aliphatic carbocycles. The Kier molecular flexibility index (Phi) is 7.03. The summed E-state index contributed by atoms with van der Waals surface area (Å²) < 4.78 is 13.0. The fourth-order valence-corrected chi connectivity index (χ4v) is 3.85. The van der Waals surface area contributed by atoms with E-state index in [-0.39, 0.29) is 19.3 Å². The second-order valence-corrected chi connectivity index (χ2v) is 8.41. The first-order valence-corrected chi connectivity index (χ1v) is 11.0. The van der Waals surface area contributed by atoms with Crippen molar-refractivity contribution in [2.75, 3.05) is 31.7 Å². The maximum atomic E-state index is 10.3. The molecule has 0 amide bonds. The van der Waals surface area contributed by atoms with Gasteiger partial charge >= 0.3 is 0 Å². The van der Waals surface area contributed by atoms with Crippen LogP contribution in [0.25, 0.3) is 17.0 Å². The maximum Gasteiger partial charge on any atom is 0.171 e. The minimum atomic E-state index is -0.626. The van der Waals surface area contributed by atoms with Crippen molar-refractivity contribution in [1.82, 2.24) is 19.5 Å². The highest BCUT2D eigenvalue weighted by molar-refractivity contribution is 5.78. The van der Waals surface area contributed by atoms with Crippen molar-refractivity contribution in [1.29, 1.82) is 5.26 Å². The van der Waals surface area contributed by atoms with Gasteiger partial charge in [0.15, 0.2) is 17.2 Å². The van der Waals surface area contributed by atoms with E-state index in [0.717, 1.165) is 12.8 Å². The molecule has 174 valence electrons. The van der Waals surface area contributed by atoms with Gasteiger partial charge in [0, 0.05) is 18.3 Å². The number of nitriles is 1. The van der Waals surface area contributed by atoms with Gasteiger partial charge in [-0.1, -0.05) is 0 Å². The molecule has 3 aromatic rings. The Morgan fingerprint density at radius 2 is 2.06 bits per heavy atom. The SMILES string of the molecule is CC1(O)CCC(Nc2nc3c(cc2OCCOCCO)ncn3-c2ccc(C#N)cn2)CC1. The standard InChI is InChI=1S/C23H28N6O4/c1-23(31)6-4-17(5-7-23)27-21-19(33-11-10-32-9-8-30)12-18-22(28-21)29(15-26-18)20-3-2-16(13-24)14-25-20/h2-3,12,14-15,17,30-31H,4-11H2,1H3,(H,27,28). The van der Waals surface area contributed by atoms with Gasteiger partial charge in [0.2, 0.25) is 0 Å². The van der Waals surface area contributed by atoms with E-state index in [2.05, 4.69) is 21.4 Å². The number of fused-ring (bicyclic) bond motifs is 1. The van der Waals surface area contributed by atoms with Crippen molar-refractivity contribution < 1.29 is 19.7 Å². The molecule has 0 atom stereocenters. The van der Waals surface area contributed by atoms with Crippen molar-refractivity contribution in [3.05, 3.63) is 36.3 Å². The molecular formula is C23H28N6O4. The van der Waals surface area contributed by atoms with Crippen LogP contribution < -0.4 is 10.1 Å². The summed E-state index contributed by atoms with van der Waals surface area (Å²) in [4.78, 5) is 13.6. The highest BCUT2D eigenvalue weighted by Crippen LogP contribution is 2.33. The van der Waals surface area contributed by atoms with Gasteiger partial charge < -0.3 is 25.0 Å².